The smallest absolute Gasteiger partial charge is 0.272 e. The van der Waals surface area contributed by atoms with Crippen LogP contribution < -0.4 is 5.73 Å². The summed E-state index contributed by atoms with van der Waals surface area (Å²) in [6.45, 7) is 4.68. The number of nitrogens with zero attached hydrogens (tertiary/aromatic N) is 3. The van der Waals surface area contributed by atoms with Crippen molar-refractivity contribution in [1.82, 2.24) is 14.8 Å². The molecule has 0 bridgehead atoms. The maximum Gasteiger partial charge on any atom is 0.272 e. The number of hydrogen-bond acceptors (Lipinski definition) is 4. The molecule has 0 radical (unpaired) electrons. The van der Waals surface area contributed by atoms with Gasteiger partial charge in [-0.15, -0.1) is 0 Å². The first-order valence-electron chi connectivity index (χ1n) is 6.97. The van der Waals surface area contributed by atoms with Crippen LogP contribution in [-0.4, -0.2) is 57.9 Å². The molecule has 0 saturated carbocycles. The Hall–Kier alpha value is -1.60. The molecule has 0 spiro atoms. The van der Waals surface area contributed by atoms with E-state index in [0.29, 0.717) is 18.1 Å². The van der Waals surface area contributed by atoms with E-state index in [1.807, 2.05) is 6.92 Å². The van der Waals surface area contributed by atoms with E-state index in [-0.39, 0.29) is 17.6 Å². The zero-order valence-electron chi connectivity index (χ0n) is 12.0. The van der Waals surface area contributed by atoms with Gasteiger partial charge >= 0.3 is 0 Å². The maximum absolute atomic E-state index is 12.8. The van der Waals surface area contributed by atoms with Crippen molar-refractivity contribution in [1.29, 1.82) is 0 Å². The molecule has 5 nitrogen and oxygen atoms in total. The molecule has 2 rings (SSSR count). The third kappa shape index (κ3) is 3.74. The fourth-order valence-electron chi connectivity index (χ4n) is 2.54. The van der Waals surface area contributed by atoms with E-state index in [0.717, 1.165) is 25.7 Å². The lowest BCUT2D eigenvalue weighted by molar-refractivity contribution is 0.0606. The third-order valence-electron chi connectivity index (χ3n) is 3.70. The lowest BCUT2D eigenvalue weighted by atomic mass is 10.1. The van der Waals surface area contributed by atoms with Gasteiger partial charge in [0.05, 0.1) is 17.2 Å². The van der Waals surface area contributed by atoms with Crippen LogP contribution in [0.2, 0.25) is 0 Å². The molecule has 1 atom stereocenters. The highest BCUT2D eigenvalue weighted by Gasteiger charge is 2.27. The van der Waals surface area contributed by atoms with Crippen LogP contribution in [0.25, 0.3) is 0 Å². The molecule has 21 heavy (non-hydrogen) atoms. The van der Waals surface area contributed by atoms with Crippen molar-refractivity contribution in [3.05, 3.63) is 29.8 Å². The predicted molar refractivity (Wildman–Crippen MR) is 82.5 cm³/mol. The summed E-state index contributed by atoms with van der Waals surface area (Å²) in [5.41, 5.74) is 6.01. The molecular weight excluding hydrogens is 291 g/mol. The van der Waals surface area contributed by atoms with Gasteiger partial charge in [-0.05, 0) is 18.6 Å². The van der Waals surface area contributed by atoms with E-state index in [2.05, 4.69) is 9.88 Å². The van der Waals surface area contributed by atoms with Crippen LogP contribution >= 0.6 is 12.2 Å². The highest BCUT2D eigenvalue weighted by atomic mass is 32.1. The molecule has 1 amide bonds. The highest BCUT2D eigenvalue weighted by molar-refractivity contribution is 7.80. The molecular formula is C14H19FN4OS. The Balaban J connectivity index is 1.96. The Morgan fingerprint density at radius 3 is 2.57 bits per heavy atom. The first-order chi connectivity index (χ1) is 10.0. The van der Waals surface area contributed by atoms with Crippen LogP contribution in [-0.2, 0) is 0 Å². The summed E-state index contributed by atoms with van der Waals surface area (Å²) in [6.07, 6.45) is 1.92. The highest BCUT2D eigenvalue weighted by Crippen LogP contribution is 2.12. The third-order valence-corrected chi connectivity index (χ3v) is 3.98. The molecule has 0 aliphatic carbocycles. The molecule has 2 N–H and O–H groups in total. The van der Waals surface area contributed by atoms with Gasteiger partial charge < -0.3 is 10.6 Å². The molecule has 1 saturated heterocycles. The molecule has 1 unspecified atom stereocenters. The summed E-state index contributed by atoms with van der Waals surface area (Å²) in [5, 5.41) is 0. The molecule has 1 aromatic rings. The van der Waals surface area contributed by atoms with Crippen molar-refractivity contribution >= 4 is 23.1 Å². The van der Waals surface area contributed by atoms with Crippen molar-refractivity contribution in [2.45, 2.75) is 19.4 Å². The molecule has 114 valence electrons. The Kier molecular flexibility index (Phi) is 5.19. The molecule has 1 aromatic heterocycles. The number of carbonyl (C=O) groups is 1. The number of carbonyl (C=O) groups excluding carboxylic acids is 1. The van der Waals surface area contributed by atoms with E-state index >= 15 is 0 Å². The van der Waals surface area contributed by atoms with Gasteiger partial charge in [-0.25, -0.2) is 9.37 Å². The second-order valence-electron chi connectivity index (χ2n) is 5.02. The van der Waals surface area contributed by atoms with Gasteiger partial charge in [-0.1, -0.05) is 19.1 Å². The predicted octanol–water partition coefficient (Wildman–Crippen LogP) is 1.04. The summed E-state index contributed by atoms with van der Waals surface area (Å²) < 4.78 is 12.8. The summed E-state index contributed by atoms with van der Waals surface area (Å²) in [6, 6.07) is 2.74. The lowest BCUT2D eigenvalue weighted by Gasteiger charge is -2.38. The van der Waals surface area contributed by atoms with Crippen LogP contribution in [0.4, 0.5) is 4.39 Å². The van der Waals surface area contributed by atoms with Crippen LogP contribution in [0, 0.1) is 5.82 Å². The van der Waals surface area contributed by atoms with Crippen molar-refractivity contribution in [2.24, 2.45) is 5.73 Å². The average Bonchev–Trinajstić information content (AvgIpc) is 2.48. The fraction of sp³-hybridized carbons (Fsp3) is 0.500. The number of aromatic nitrogens is 1. The minimum absolute atomic E-state index is 0.0844. The zero-order valence-corrected chi connectivity index (χ0v) is 12.8. The normalized spacial score (nSPS) is 17.5. The first-order valence-corrected chi connectivity index (χ1v) is 7.38. The topological polar surface area (TPSA) is 62.5 Å². The fourth-order valence-corrected chi connectivity index (χ4v) is 2.86. The summed E-state index contributed by atoms with van der Waals surface area (Å²) in [5.74, 6) is -0.614. The van der Waals surface area contributed by atoms with E-state index < -0.39 is 5.82 Å². The average molecular weight is 310 g/mol. The molecule has 1 fully saturated rings. The number of rotatable bonds is 4. The van der Waals surface area contributed by atoms with Crippen LogP contribution in [0.3, 0.4) is 0 Å². The Labute approximate surface area is 128 Å². The van der Waals surface area contributed by atoms with E-state index in [4.69, 9.17) is 18.0 Å². The minimum atomic E-state index is -0.446. The molecule has 1 aliphatic heterocycles. The molecule has 0 aromatic carbocycles. The van der Waals surface area contributed by atoms with Crippen molar-refractivity contribution in [3.8, 4) is 0 Å². The first kappa shape index (κ1) is 15.8. The quantitative estimate of drug-likeness (QED) is 0.842. The number of halogens is 1. The van der Waals surface area contributed by atoms with Gasteiger partial charge in [0, 0.05) is 26.2 Å². The Morgan fingerprint density at radius 2 is 2.10 bits per heavy atom. The Bertz CT molecular complexity index is 514. The van der Waals surface area contributed by atoms with Gasteiger partial charge in [0.15, 0.2) is 0 Å². The molecule has 7 heteroatoms. The summed E-state index contributed by atoms with van der Waals surface area (Å²) in [7, 11) is 0. The monoisotopic (exact) mass is 310 g/mol. The zero-order chi connectivity index (χ0) is 15.4. The number of amides is 1. The van der Waals surface area contributed by atoms with Crippen molar-refractivity contribution < 1.29 is 9.18 Å². The second-order valence-corrected chi connectivity index (χ2v) is 5.49. The lowest BCUT2D eigenvalue weighted by Crippen LogP contribution is -2.54. The number of thiocarbonyl (C=S) groups is 1. The van der Waals surface area contributed by atoms with E-state index in [1.54, 1.807) is 4.90 Å². The maximum atomic E-state index is 12.8. The van der Waals surface area contributed by atoms with Gasteiger partial charge in [-0.3, -0.25) is 9.69 Å². The van der Waals surface area contributed by atoms with E-state index in [1.165, 1.54) is 12.1 Å². The van der Waals surface area contributed by atoms with Crippen molar-refractivity contribution in [2.75, 3.05) is 26.2 Å². The number of nitrogens with two attached hydrogens (primary N) is 1. The van der Waals surface area contributed by atoms with Crippen LogP contribution in [0.1, 0.15) is 23.8 Å². The summed E-state index contributed by atoms with van der Waals surface area (Å²) in [4.78, 5) is 20.5. The number of hydrogen-bond donors (Lipinski definition) is 1. The van der Waals surface area contributed by atoms with Gasteiger partial charge in [0.25, 0.3) is 5.91 Å². The Morgan fingerprint density at radius 1 is 1.43 bits per heavy atom. The number of pyridine rings is 1. The van der Waals surface area contributed by atoms with Gasteiger partial charge in [0.1, 0.15) is 11.5 Å². The summed E-state index contributed by atoms with van der Waals surface area (Å²) >= 11 is 5.08. The van der Waals surface area contributed by atoms with Gasteiger partial charge in [-0.2, -0.15) is 0 Å². The van der Waals surface area contributed by atoms with Crippen LogP contribution in [0.5, 0.6) is 0 Å². The van der Waals surface area contributed by atoms with Crippen LogP contribution in [0.15, 0.2) is 18.3 Å². The number of piperazine rings is 1. The SMILES string of the molecule is CCC(C(N)=S)N1CCN(C(=O)c2ccc(F)cn2)CC1. The largest absolute Gasteiger partial charge is 0.392 e. The van der Waals surface area contributed by atoms with Gasteiger partial charge in [0.2, 0.25) is 0 Å². The standard InChI is InChI=1S/C14H19FN4OS/c1-2-12(13(16)21)18-5-7-19(8-6-18)14(20)11-4-3-10(15)9-17-11/h3-4,9,12H,2,5-8H2,1H3,(H2,16,21). The van der Waals surface area contributed by atoms with E-state index in [9.17, 15) is 9.18 Å². The second kappa shape index (κ2) is 6.91. The minimum Gasteiger partial charge on any atom is -0.392 e. The molecule has 1 aliphatic rings. The van der Waals surface area contributed by atoms with Crippen molar-refractivity contribution in [3.63, 3.8) is 0 Å². The molecule has 2 heterocycles.